The van der Waals surface area contributed by atoms with Crippen molar-refractivity contribution in [2.75, 3.05) is 6.61 Å². The van der Waals surface area contributed by atoms with Crippen LogP contribution in [0.3, 0.4) is 0 Å². The second-order valence-electron chi connectivity index (χ2n) is 4.02. The van der Waals surface area contributed by atoms with E-state index in [4.69, 9.17) is 4.74 Å². The van der Waals surface area contributed by atoms with Gasteiger partial charge in [0.2, 0.25) is 0 Å². The summed E-state index contributed by atoms with van der Waals surface area (Å²) in [6, 6.07) is 5.73. The van der Waals surface area contributed by atoms with Crippen molar-refractivity contribution in [3.63, 3.8) is 0 Å². The number of esters is 1. The summed E-state index contributed by atoms with van der Waals surface area (Å²) in [6.07, 6.45) is 3.31. The number of fused-ring (bicyclic) bond motifs is 1. The molecule has 3 rings (SSSR count). The number of carbonyl (C=O) groups is 1. The molecule has 6 heteroatoms. The summed E-state index contributed by atoms with van der Waals surface area (Å²) in [7, 11) is 0. The Kier molecular flexibility index (Phi) is 3.39. The highest BCUT2D eigenvalue weighted by atomic mass is 32.1. The van der Waals surface area contributed by atoms with Crippen molar-refractivity contribution in [2.24, 2.45) is 0 Å². The molecule has 0 saturated heterocycles. The molecular weight excluding hydrogens is 274 g/mol. The Bertz CT molecular complexity index is 770. The molecule has 0 bridgehead atoms. The van der Waals surface area contributed by atoms with Crippen LogP contribution in [0.2, 0.25) is 0 Å². The third-order valence-corrected chi connectivity index (χ3v) is 3.60. The number of aromatic nitrogens is 3. The van der Waals surface area contributed by atoms with Crippen molar-refractivity contribution in [3.05, 3.63) is 41.7 Å². The number of ether oxygens (including phenoxy) is 1. The number of rotatable bonds is 3. The molecule has 0 fully saturated rings. The van der Waals surface area contributed by atoms with Crippen molar-refractivity contribution in [1.82, 2.24) is 15.0 Å². The van der Waals surface area contributed by atoms with Crippen LogP contribution in [0, 0.1) is 0 Å². The van der Waals surface area contributed by atoms with Gasteiger partial charge in [0.1, 0.15) is 5.01 Å². The van der Waals surface area contributed by atoms with E-state index in [0.29, 0.717) is 12.3 Å². The van der Waals surface area contributed by atoms with Gasteiger partial charge in [0.25, 0.3) is 0 Å². The van der Waals surface area contributed by atoms with Gasteiger partial charge in [-0.15, -0.1) is 11.3 Å². The summed E-state index contributed by atoms with van der Waals surface area (Å²) in [5, 5.41) is 2.47. The predicted molar refractivity (Wildman–Crippen MR) is 76.6 cm³/mol. The Labute approximate surface area is 119 Å². The van der Waals surface area contributed by atoms with Gasteiger partial charge in [-0.05, 0) is 25.1 Å². The molecule has 0 atom stereocenters. The van der Waals surface area contributed by atoms with Crippen LogP contribution in [0.15, 0.2) is 36.0 Å². The van der Waals surface area contributed by atoms with Gasteiger partial charge in [0, 0.05) is 23.3 Å². The van der Waals surface area contributed by atoms with Gasteiger partial charge in [-0.25, -0.2) is 9.78 Å². The van der Waals surface area contributed by atoms with E-state index in [1.54, 1.807) is 24.7 Å². The summed E-state index contributed by atoms with van der Waals surface area (Å²) in [5.41, 5.74) is 2.89. The van der Waals surface area contributed by atoms with Crippen LogP contribution in [-0.4, -0.2) is 27.5 Å². The van der Waals surface area contributed by atoms with E-state index in [1.807, 2.05) is 18.2 Å². The van der Waals surface area contributed by atoms with Crippen LogP contribution in [0.25, 0.3) is 21.6 Å². The lowest BCUT2D eigenvalue weighted by Crippen LogP contribution is -2.04. The number of hydrogen-bond acceptors (Lipinski definition) is 6. The third kappa shape index (κ3) is 2.37. The van der Waals surface area contributed by atoms with Gasteiger partial charge in [0.05, 0.1) is 17.6 Å². The summed E-state index contributed by atoms with van der Waals surface area (Å²) >= 11 is 1.41. The zero-order chi connectivity index (χ0) is 13.9. The van der Waals surface area contributed by atoms with Crippen LogP contribution in [0.4, 0.5) is 0 Å². The van der Waals surface area contributed by atoms with E-state index in [0.717, 1.165) is 21.6 Å². The maximum absolute atomic E-state index is 11.6. The molecular formula is C14H11N3O2S. The van der Waals surface area contributed by atoms with E-state index in [9.17, 15) is 4.79 Å². The third-order valence-electron chi connectivity index (χ3n) is 2.71. The normalized spacial score (nSPS) is 10.7. The first kappa shape index (κ1) is 12.7. The molecule has 3 aromatic rings. The van der Waals surface area contributed by atoms with Crippen molar-refractivity contribution < 1.29 is 9.53 Å². The fourth-order valence-corrected chi connectivity index (χ4v) is 2.59. The lowest BCUT2D eigenvalue weighted by molar-refractivity contribution is 0.0520. The van der Waals surface area contributed by atoms with E-state index >= 15 is 0 Å². The highest BCUT2D eigenvalue weighted by Gasteiger charge is 2.13. The Morgan fingerprint density at radius 1 is 1.25 bits per heavy atom. The molecule has 0 aliphatic rings. The number of nitrogens with zero attached hydrogens (tertiary/aromatic N) is 3. The second kappa shape index (κ2) is 5.34. The molecule has 0 radical (unpaired) electrons. The Hall–Kier alpha value is -2.34. The molecule has 0 unspecified atom stereocenters. The maximum atomic E-state index is 11.6. The van der Waals surface area contributed by atoms with E-state index in [1.165, 1.54) is 11.3 Å². The lowest BCUT2D eigenvalue weighted by atomic mass is 10.2. The zero-order valence-electron chi connectivity index (χ0n) is 10.7. The van der Waals surface area contributed by atoms with Crippen molar-refractivity contribution in [1.29, 1.82) is 0 Å². The topological polar surface area (TPSA) is 65.0 Å². The molecule has 0 saturated carbocycles. The molecule has 20 heavy (non-hydrogen) atoms. The summed E-state index contributed by atoms with van der Waals surface area (Å²) in [4.78, 5) is 24.4. The van der Waals surface area contributed by atoms with Crippen molar-refractivity contribution in [2.45, 2.75) is 6.92 Å². The first-order valence-electron chi connectivity index (χ1n) is 6.11. The standard InChI is InChI=1S/C14H11N3O2S/c1-2-19-14(18)12-8-20-13(17-12)9-3-4-10-11(7-9)16-6-5-15-10/h3-8H,2H2,1H3. The van der Waals surface area contributed by atoms with Gasteiger partial charge in [-0.1, -0.05) is 0 Å². The fourth-order valence-electron chi connectivity index (χ4n) is 1.80. The minimum absolute atomic E-state index is 0.339. The van der Waals surface area contributed by atoms with Gasteiger partial charge in [-0.2, -0.15) is 0 Å². The largest absolute Gasteiger partial charge is 0.461 e. The fraction of sp³-hybridized carbons (Fsp3) is 0.143. The molecule has 2 aromatic heterocycles. The summed E-state index contributed by atoms with van der Waals surface area (Å²) in [5.74, 6) is -0.393. The molecule has 0 amide bonds. The molecule has 5 nitrogen and oxygen atoms in total. The van der Waals surface area contributed by atoms with Crippen LogP contribution < -0.4 is 0 Å². The summed E-state index contributed by atoms with van der Waals surface area (Å²) in [6.45, 7) is 2.12. The van der Waals surface area contributed by atoms with Crippen molar-refractivity contribution >= 4 is 28.3 Å². The highest BCUT2D eigenvalue weighted by Crippen LogP contribution is 2.26. The first-order valence-corrected chi connectivity index (χ1v) is 6.99. The van der Waals surface area contributed by atoms with Crippen LogP contribution in [0.5, 0.6) is 0 Å². The molecule has 100 valence electrons. The van der Waals surface area contributed by atoms with Crippen LogP contribution in [0.1, 0.15) is 17.4 Å². The minimum atomic E-state index is -0.393. The molecule has 0 aliphatic heterocycles. The molecule has 1 aromatic carbocycles. The average Bonchev–Trinajstić information content (AvgIpc) is 2.97. The molecule has 2 heterocycles. The van der Waals surface area contributed by atoms with E-state index in [-0.39, 0.29) is 0 Å². The van der Waals surface area contributed by atoms with Gasteiger partial charge < -0.3 is 4.74 Å². The van der Waals surface area contributed by atoms with E-state index < -0.39 is 5.97 Å². The quantitative estimate of drug-likeness (QED) is 0.692. The molecule has 0 N–H and O–H groups in total. The minimum Gasteiger partial charge on any atom is -0.461 e. The second-order valence-corrected chi connectivity index (χ2v) is 4.88. The first-order chi connectivity index (χ1) is 9.78. The Morgan fingerprint density at radius 2 is 2.05 bits per heavy atom. The Balaban J connectivity index is 1.96. The van der Waals surface area contributed by atoms with Crippen molar-refractivity contribution in [3.8, 4) is 10.6 Å². The lowest BCUT2D eigenvalue weighted by Gasteiger charge is -1.99. The zero-order valence-corrected chi connectivity index (χ0v) is 11.6. The number of carbonyl (C=O) groups excluding carboxylic acids is 1. The monoisotopic (exact) mass is 285 g/mol. The number of thiazole rings is 1. The number of hydrogen-bond donors (Lipinski definition) is 0. The molecule has 0 aliphatic carbocycles. The average molecular weight is 285 g/mol. The Morgan fingerprint density at radius 3 is 2.85 bits per heavy atom. The number of benzene rings is 1. The van der Waals surface area contributed by atoms with Gasteiger partial charge in [-0.3, -0.25) is 9.97 Å². The predicted octanol–water partition coefficient (Wildman–Crippen LogP) is 2.93. The smallest absolute Gasteiger partial charge is 0.357 e. The SMILES string of the molecule is CCOC(=O)c1csc(-c2ccc3nccnc3c2)n1. The van der Waals surface area contributed by atoms with Crippen LogP contribution >= 0.6 is 11.3 Å². The maximum Gasteiger partial charge on any atom is 0.357 e. The molecule has 0 spiro atoms. The highest BCUT2D eigenvalue weighted by molar-refractivity contribution is 7.13. The van der Waals surface area contributed by atoms with E-state index in [2.05, 4.69) is 15.0 Å². The van der Waals surface area contributed by atoms with Gasteiger partial charge in [0.15, 0.2) is 5.69 Å². The van der Waals surface area contributed by atoms with Gasteiger partial charge >= 0.3 is 5.97 Å². The summed E-state index contributed by atoms with van der Waals surface area (Å²) < 4.78 is 4.93. The van der Waals surface area contributed by atoms with Crippen LogP contribution in [-0.2, 0) is 4.74 Å².